The van der Waals surface area contributed by atoms with Crippen molar-refractivity contribution in [2.24, 2.45) is 5.92 Å². The van der Waals surface area contributed by atoms with Crippen LogP contribution in [0.15, 0.2) is 0 Å². The van der Waals surface area contributed by atoms with Crippen LogP contribution in [0.3, 0.4) is 0 Å². The lowest BCUT2D eigenvalue weighted by Gasteiger charge is -2.36. The zero-order valence-corrected chi connectivity index (χ0v) is 10.0. The Kier molecular flexibility index (Phi) is 4.45. The maximum atomic E-state index is 5.40. The van der Waals surface area contributed by atoms with E-state index in [0.29, 0.717) is 0 Å². The van der Waals surface area contributed by atoms with E-state index in [-0.39, 0.29) is 0 Å². The SMILES string of the molecule is CCC1CCCCC1NC1CCOCC1. The fourth-order valence-electron chi connectivity index (χ4n) is 3.08. The minimum Gasteiger partial charge on any atom is -0.381 e. The van der Waals surface area contributed by atoms with Crippen molar-refractivity contribution in [1.29, 1.82) is 0 Å². The molecule has 0 radical (unpaired) electrons. The van der Waals surface area contributed by atoms with Gasteiger partial charge in [0.2, 0.25) is 0 Å². The Hall–Kier alpha value is -0.0800. The zero-order chi connectivity index (χ0) is 10.5. The first kappa shape index (κ1) is 11.4. The van der Waals surface area contributed by atoms with Gasteiger partial charge in [-0.1, -0.05) is 26.2 Å². The number of nitrogens with one attached hydrogen (secondary N) is 1. The Bertz CT molecular complexity index is 177. The predicted octanol–water partition coefficient (Wildman–Crippen LogP) is 2.72. The Morgan fingerprint density at radius 3 is 2.53 bits per heavy atom. The molecule has 2 unspecified atom stereocenters. The van der Waals surface area contributed by atoms with Crippen molar-refractivity contribution in [1.82, 2.24) is 5.32 Å². The van der Waals surface area contributed by atoms with Gasteiger partial charge in [0.25, 0.3) is 0 Å². The number of hydrogen-bond donors (Lipinski definition) is 1. The Labute approximate surface area is 93.8 Å². The smallest absolute Gasteiger partial charge is 0.0480 e. The van der Waals surface area contributed by atoms with Crippen molar-refractivity contribution in [2.45, 2.75) is 64.0 Å². The van der Waals surface area contributed by atoms with Gasteiger partial charge >= 0.3 is 0 Å². The Balaban J connectivity index is 1.79. The fraction of sp³-hybridized carbons (Fsp3) is 1.00. The van der Waals surface area contributed by atoms with Gasteiger partial charge in [0.05, 0.1) is 0 Å². The van der Waals surface area contributed by atoms with E-state index in [1.54, 1.807) is 0 Å². The molecule has 0 aromatic rings. The van der Waals surface area contributed by atoms with Crippen molar-refractivity contribution in [3.05, 3.63) is 0 Å². The van der Waals surface area contributed by atoms with E-state index in [1.807, 2.05) is 0 Å². The second-order valence-corrected chi connectivity index (χ2v) is 5.11. The summed E-state index contributed by atoms with van der Waals surface area (Å²) in [7, 11) is 0. The van der Waals surface area contributed by atoms with Crippen molar-refractivity contribution in [2.75, 3.05) is 13.2 Å². The lowest BCUT2D eigenvalue weighted by Crippen LogP contribution is -2.46. The second kappa shape index (κ2) is 5.86. The summed E-state index contributed by atoms with van der Waals surface area (Å²) in [6.45, 7) is 4.26. The van der Waals surface area contributed by atoms with Gasteiger partial charge in [0.15, 0.2) is 0 Å². The minimum atomic E-state index is 0.732. The molecule has 2 aliphatic rings. The Morgan fingerprint density at radius 1 is 1.07 bits per heavy atom. The first-order valence-electron chi connectivity index (χ1n) is 6.74. The standard InChI is InChI=1S/C13H25NO/c1-2-11-5-3-4-6-13(11)14-12-7-9-15-10-8-12/h11-14H,2-10H2,1H3. The molecule has 2 heteroatoms. The third-order valence-electron chi connectivity index (χ3n) is 4.10. The molecule has 1 aliphatic carbocycles. The molecule has 0 aromatic heterocycles. The van der Waals surface area contributed by atoms with Crippen LogP contribution in [0.25, 0.3) is 0 Å². The summed E-state index contributed by atoms with van der Waals surface area (Å²) in [6, 6.07) is 1.53. The van der Waals surface area contributed by atoms with E-state index in [4.69, 9.17) is 4.74 Å². The lowest BCUT2D eigenvalue weighted by atomic mass is 9.82. The molecule has 2 atom stereocenters. The van der Waals surface area contributed by atoms with Gasteiger partial charge in [-0.3, -0.25) is 0 Å². The summed E-state index contributed by atoms with van der Waals surface area (Å²) in [5, 5.41) is 3.88. The molecule has 0 aromatic carbocycles. The van der Waals surface area contributed by atoms with Gasteiger partial charge in [-0.05, 0) is 31.6 Å². The first-order chi connectivity index (χ1) is 7.40. The molecule has 2 nitrogen and oxygen atoms in total. The second-order valence-electron chi connectivity index (χ2n) is 5.11. The van der Waals surface area contributed by atoms with E-state index in [2.05, 4.69) is 12.2 Å². The van der Waals surface area contributed by atoms with Gasteiger partial charge in [0.1, 0.15) is 0 Å². The summed E-state index contributed by atoms with van der Waals surface area (Å²) in [5.74, 6) is 0.932. The number of ether oxygens (including phenoxy) is 1. The van der Waals surface area contributed by atoms with E-state index in [0.717, 1.165) is 31.2 Å². The molecule has 1 heterocycles. The molecular formula is C13H25NO. The predicted molar refractivity (Wildman–Crippen MR) is 63.0 cm³/mol. The summed E-state index contributed by atoms with van der Waals surface area (Å²) < 4.78 is 5.40. The van der Waals surface area contributed by atoms with Crippen molar-refractivity contribution < 1.29 is 4.74 Å². The van der Waals surface area contributed by atoms with Crippen molar-refractivity contribution in [3.63, 3.8) is 0 Å². The van der Waals surface area contributed by atoms with Crippen LogP contribution in [-0.2, 0) is 4.74 Å². The number of hydrogen-bond acceptors (Lipinski definition) is 2. The van der Waals surface area contributed by atoms with Crippen LogP contribution in [0, 0.1) is 5.92 Å². The largest absolute Gasteiger partial charge is 0.381 e. The first-order valence-corrected chi connectivity index (χ1v) is 6.74. The molecule has 1 saturated heterocycles. The van der Waals surface area contributed by atoms with Crippen molar-refractivity contribution >= 4 is 0 Å². The normalized spacial score (nSPS) is 34.2. The maximum absolute atomic E-state index is 5.40. The highest BCUT2D eigenvalue weighted by Crippen LogP contribution is 2.27. The zero-order valence-electron chi connectivity index (χ0n) is 10.0. The minimum absolute atomic E-state index is 0.732. The van der Waals surface area contributed by atoms with Crippen LogP contribution in [-0.4, -0.2) is 25.3 Å². The lowest BCUT2D eigenvalue weighted by molar-refractivity contribution is 0.0692. The quantitative estimate of drug-likeness (QED) is 0.775. The molecule has 2 rings (SSSR count). The molecule has 88 valence electrons. The van der Waals surface area contributed by atoms with Crippen LogP contribution >= 0.6 is 0 Å². The Morgan fingerprint density at radius 2 is 1.80 bits per heavy atom. The summed E-state index contributed by atoms with van der Waals surface area (Å²) in [4.78, 5) is 0. The monoisotopic (exact) mass is 211 g/mol. The molecular weight excluding hydrogens is 186 g/mol. The van der Waals surface area contributed by atoms with Crippen LogP contribution in [0.5, 0.6) is 0 Å². The highest BCUT2D eigenvalue weighted by Gasteiger charge is 2.26. The summed E-state index contributed by atoms with van der Waals surface area (Å²) in [6.07, 6.45) is 9.50. The summed E-state index contributed by atoms with van der Waals surface area (Å²) >= 11 is 0. The van der Waals surface area contributed by atoms with Gasteiger partial charge < -0.3 is 10.1 Å². The topological polar surface area (TPSA) is 21.3 Å². The third-order valence-corrected chi connectivity index (χ3v) is 4.10. The third kappa shape index (κ3) is 3.18. The highest BCUT2D eigenvalue weighted by molar-refractivity contribution is 4.84. The van der Waals surface area contributed by atoms with Crippen LogP contribution in [0.1, 0.15) is 51.9 Å². The molecule has 1 N–H and O–H groups in total. The van der Waals surface area contributed by atoms with Gasteiger partial charge in [0, 0.05) is 25.3 Å². The molecule has 2 fully saturated rings. The molecule has 15 heavy (non-hydrogen) atoms. The number of rotatable bonds is 3. The average Bonchev–Trinajstić information content (AvgIpc) is 2.31. The fourth-order valence-corrected chi connectivity index (χ4v) is 3.08. The average molecular weight is 211 g/mol. The van der Waals surface area contributed by atoms with E-state index in [9.17, 15) is 0 Å². The molecule has 0 bridgehead atoms. The molecule has 1 aliphatic heterocycles. The molecule has 0 amide bonds. The summed E-state index contributed by atoms with van der Waals surface area (Å²) in [5.41, 5.74) is 0. The van der Waals surface area contributed by atoms with E-state index >= 15 is 0 Å². The highest BCUT2D eigenvalue weighted by atomic mass is 16.5. The van der Waals surface area contributed by atoms with Crippen LogP contribution in [0.2, 0.25) is 0 Å². The maximum Gasteiger partial charge on any atom is 0.0480 e. The van der Waals surface area contributed by atoms with E-state index < -0.39 is 0 Å². The van der Waals surface area contributed by atoms with Gasteiger partial charge in [-0.15, -0.1) is 0 Å². The van der Waals surface area contributed by atoms with Crippen LogP contribution < -0.4 is 5.32 Å². The van der Waals surface area contributed by atoms with Crippen molar-refractivity contribution in [3.8, 4) is 0 Å². The molecule has 1 saturated carbocycles. The molecule has 0 spiro atoms. The van der Waals surface area contributed by atoms with Gasteiger partial charge in [-0.25, -0.2) is 0 Å². The van der Waals surface area contributed by atoms with E-state index in [1.165, 1.54) is 44.9 Å². The van der Waals surface area contributed by atoms with Gasteiger partial charge in [-0.2, -0.15) is 0 Å². The van der Waals surface area contributed by atoms with Crippen LogP contribution in [0.4, 0.5) is 0 Å².